The van der Waals surface area contributed by atoms with Gasteiger partial charge in [0.2, 0.25) is 0 Å². The molecule has 0 radical (unpaired) electrons. The van der Waals surface area contributed by atoms with Gasteiger partial charge >= 0.3 is 0 Å². The van der Waals surface area contributed by atoms with E-state index in [4.69, 9.17) is 22.1 Å². The van der Waals surface area contributed by atoms with Crippen LogP contribution in [0.25, 0.3) is 0 Å². The van der Waals surface area contributed by atoms with E-state index < -0.39 is 0 Å². The van der Waals surface area contributed by atoms with Crippen LogP contribution in [0.1, 0.15) is 16.8 Å². The number of rotatable bonds is 5. The second-order valence-electron chi connectivity index (χ2n) is 4.35. The highest BCUT2D eigenvalue weighted by Crippen LogP contribution is 2.24. The maximum atomic E-state index is 5.99. The Morgan fingerprint density at radius 2 is 2.16 bits per heavy atom. The molecular weight excluding hydrogens is 260 g/mol. The number of halogens is 1. The average Bonchev–Trinajstić information content (AvgIpc) is 2.40. The fourth-order valence-corrected chi connectivity index (χ4v) is 2.05. The van der Waals surface area contributed by atoms with Crippen LogP contribution in [0.3, 0.4) is 0 Å². The Morgan fingerprint density at radius 1 is 1.32 bits per heavy atom. The molecular formula is C15H17ClN2O. The molecule has 0 aliphatic rings. The number of aryl methyl sites for hydroxylation is 1. The fourth-order valence-electron chi connectivity index (χ4n) is 1.86. The molecule has 4 heteroatoms. The molecule has 1 aromatic heterocycles. The number of hydrogen-bond acceptors (Lipinski definition) is 3. The molecule has 2 rings (SSSR count). The van der Waals surface area contributed by atoms with Crippen molar-refractivity contribution in [3.63, 3.8) is 0 Å². The van der Waals surface area contributed by atoms with Crippen molar-refractivity contribution < 1.29 is 4.74 Å². The summed E-state index contributed by atoms with van der Waals surface area (Å²) in [5, 5.41) is 0.699. The maximum Gasteiger partial charge on any atom is 0.130 e. The summed E-state index contributed by atoms with van der Waals surface area (Å²) in [4.78, 5) is 4.31. The predicted octanol–water partition coefficient (Wildman–Crippen LogP) is 3.12. The van der Waals surface area contributed by atoms with Crippen LogP contribution in [-0.4, -0.2) is 11.5 Å². The zero-order chi connectivity index (χ0) is 13.7. The molecule has 0 saturated heterocycles. The number of hydrogen-bond donors (Lipinski definition) is 1. The average molecular weight is 277 g/mol. The molecule has 19 heavy (non-hydrogen) atoms. The minimum atomic E-state index is 0.450. The normalized spacial score (nSPS) is 10.5. The summed E-state index contributed by atoms with van der Waals surface area (Å²) >= 11 is 5.99. The van der Waals surface area contributed by atoms with Gasteiger partial charge in [0.25, 0.3) is 0 Å². The second kappa shape index (κ2) is 6.55. The molecule has 0 spiro atoms. The second-order valence-corrected chi connectivity index (χ2v) is 4.78. The Kier molecular flexibility index (Phi) is 4.77. The van der Waals surface area contributed by atoms with E-state index in [2.05, 4.69) is 4.98 Å². The molecule has 2 N–H and O–H groups in total. The van der Waals surface area contributed by atoms with Crippen LogP contribution in [0.5, 0.6) is 5.75 Å². The molecule has 0 saturated carbocycles. The third-order valence-electron chi connectivity index (χ3n) is 2.92. The van der Waals surface area contributed by atoms with Gasteiger partial charge in [-0.15, -0.1) is 0 Å². The third kappa shape index (κ3) is 3.69. The van der Waals surface area contributed by atoms with Gasteiger partial charge in [0.05, 0.1) is 5.69 Å². The molecule has 100 valence electrons. The van der Waals surface area contributed by atoms with Gasteiger partial charge in [-0.2, -0.15) is 0 Å². The first-order valence-corrected chi connectivity index (χ1v) is 6.60. The van der Waals surface area contributed by atoms with E-state index in [0.29, 0.717) is 18.2 Å². The lowest BCUT2D eigenvalue weighted by atomic mass is 10.1. The molecule has 3 nitrogen and oxygen atoms in total. The van der Waals surface area contributed by atoms with Crippen LogP contribution in [0.15, 0.2) is 36.5 Å². The van der Waals surface area contributed by atoms with Crippen LogP contribution in [-0.2, 0) is 13.0 Å². The number of benzene rings is 1. The summed E-state index contributed by atoms with van der Waals surface area (Å²) in [6.07, 6.45) is 2.52. The summed E-state index contributed by atoms with van der Waals surface area (Å²) < 4.78 is 5.83. The van der Waals surface area contributed by atoms with Crippen LogP contribution >= 0.6 is 11.6 Å². The van der Waals surface area contributed by atoms with Gasteiger partial charge in [0, 0.05) is 11.2 Å². The quantitative estimate of drug-likeness (QED) is 0.913. The lowest BCUT2D eigenvalue weighted by Gasteiger charge is -2.12. The molecule has 1 aromatic carbocycles. The lowest BCUT2D eigenvalue weighted by Crippen LogP contribution is -2.06. The van der Waals surface area contributed by atoms with Crippen molar-refractivity contribution in [2.45, 2.75) is 20.0 Å². The Labute approximate surface area is 118 Å². The number of nitrogens with two attached hydrogens (primary N) is 1. The number of ether oxygens (including phenoxy) is 1. The smallest absolute Gasteiger partial charge is 0.130 e. The molecule has 0 unspecified atom stereocenters. The summed E-state index contributed by atoms with van der Waals surface area (Å²) in [5.41, 5.74) is 8.69. The first-order valence-electron chi connectivity index (χ1n) is 6.22. The van der Waals surface area contributed by atoms with E-state index in [1.165, 1.54) is 0 Å². The monoisotopic (exact) mass is 276 g/mol. The van der Waals surface area contributed by atoms with Gasteiger partial charge in [0.1, 0.15) is 12.4 Å². The summed E-state index contributed by atoms with van der Waals surface area (Å²) in [6.45, 7) is 3.04. The van der Waals surface area contributed by atoms with Crippen LogP contribution in [0.4, 0.5) is 0 Å². The molecule has 0 aliphatic carbocycles. The summed E-state index contributed by atoms with van der Waals surface area (Å²) in [6, 6.07) is 9.54. The first-order chi connectivity index (χ1) is 9.20. The van der Waals surface area contributed by atoms with E-state index in [-0.39, 0.29) is 0 Å². The van der Waals surface area contributed by atoms with E-state index in [9.17, 15) is 0 Å². The standard InChI is InChI=1S/C15H17ClN2O/c1-11-3-2-8-18-14(11)10-19-15-5-4-13(16)9-12(15)6-7-17/h2-5,8-9H,6-7,10,17H2,1H3. The molecule has 0 fully saturated rings. The van der Waals surface area contributed by atoms with Crippen molar-refractivity contribution in [3.05, 3.63) is 58.4 Å². The van der Waals surface area contributed by atoms with Crippen molar-refractivity contribution in [2.75, 3.05) is 6.54 Å². The van der Waals surface area contributed by atoms with E-state index in [0.717, 1.165) is 29.0 Å². The molecule has 2 aromatic rings. The SMILES string of the molecule is Cc1cccnc1COc1ccc(Cl)cc1CCN. The Hall–Kier alpha value is -1.58. The third-order valence-corrected chi connectivity index (χ3v) is 3.15. The van der Waals surface area contributed by atoms with Crippen molar-refractivity contribution >= 4 is 11.6 Å². The van der Waals surface area contributed by atoms with Gasteiger partial charge in [-0.25, -0.2) is 0 Å². The fraction of sp³-hybridized carbons (Fsp3) is 0.267. The van der Waals surface area contributed by atoms with E-state index >= 15 is 0 Å². The van der Waals surface area contributed by atoms with E-state index in [1.807, 2.05) is 37.3 Å². The van der Waals surface area contributed by atoms with Crippen molar-refractivity contribution in [1.29, 1.82) is 0 Å². The number of nitrogens with zero attached hydrogens (tertiary/aromatic N) is 1. The van der Waals surface area contributed by atoms with E-state index in [1.54, 1.807) is 6.20 Å². The lowest BCUT2D eigenvalue weighted by molar-refractivity contribution is 0.297. The Bertz CT molecular complexity index is 558. The maximum absolute atomic E-state index is 5.99. The summed E-state index contributed by atoms with van der Waals surface area (Å²) in [5.74, 6) is 0.819. The molecule has 0 aliphatic heterocycles. The highest BCUT2D eigenvalue weighted by atomic mass is 35.5. The van der Waals surface area contributed by atoms with Gasteiger partial charge < -0.3 is 10.5 Å². The van der Waals surface area contributed by atoms with Crippen molar-refractivity contribution in [3.8, 4) is 5.75 Å². The first kappa shape index (κ1) is 13.8. The van der Waals surface area contributed by atoms with Crippen molar-refractivity contribution in [2.24, 2.45) is 5.73 Å². The topological polar surface area (TPSA) is 48.1 Å². The van der Waals surface area contributed by atoms with Crippen LogP contribution in [0, 0.1) is 6.92 Å². The Balaban J connectivity index is 2.13. The van der Waals surface area contributed by atoms with Gasteiger partial charge in [-0.05, 0) is 55.3 Å². The molecule has 0 atom stereocenters. The minimum Gasteiger partial charge on any atom is -0.487 e. The van der Waals surface area contributed by atoms with Gasteiger partial charge in [-0.3, -0.25) is 4.98 Å². The minimum absolute atomic E-state index is 0.450. The largest absolute Gasteiger partial charge is 0.487 e. The van der Waals surface area contributed by atoms with Crippen LogP contribution in [0.2, 0.25) is 5.02 Å². The number of pyridine rings is 1. The molecule has 1 heterocycles. The van der Waals surface area contributed by atoms with Crippen LogP contribution < -0.4 is 10.5 Å². The van der Waals surface area contributed by atoms with Gasteiger partial charge in [-0.1, -0.05) is 17.7 Å². The zero-order valence-electron chi connectivity index (χ0n) is 10.9. The van der Waals surface area contributed by atoms with Gasteiger partial charge in [0.15, 0.2) is 0 Å². The highest BCUT2D eigenvalue weighted by molar-refractivity contribution is 6.30. The van der Waals surface area contributed by atoms with Crippen molar-refractivity contribution in [1.82, 2.24) is 4.98 Å². The molecule has 0 bridgehead atoms. The number of aromatic nitrogens is 1. The molecule has 0 amide bonds. The highest BCUT2D eigenvalue weighted by Gasteiger charge is 2.06. The summed E-state index contributed by atoms with van der Waals surface area (Å²) in [7, 11) is 0. The Morgan fingerprint density at radius 3 is 2.89 bits per heavy atom. The zero-order valence-corrected chi connectivity index (χ0v) is 11.7. The predicted molar refractivity (Wildman–Crippen MR) is 77.5 cm³/mol.